The molecule has 34 heavy (non-hydrogen) atoms. The summed E-state index contributed by atoms with van der Waals surface area (Å²) in [6.45, 7) is 10.9. The van der Waals surface area contributed by atoms with Crippen LogP contribution in [0, 0.1) is 25.2 Å². The van der Waals surface area contributed by atoms with E-state index in [1.165, 1.54) is 4.88 Å². The highest BCUT2D eigenvalue weighted by Crippen LogP contribution is 2.44. The number of hydrogen-bond donors (Lipinski definition) is 2. The number of nitrogens with one attached hydrogen (secondary N) is 2. The van der Waals surface area contributed by atoms with Crippen molar-refractivity contribution in [2.45, 2.75) is 53.9 Å². The molecule has 0 aliphatic heterocycles. The third-order valence-electron chi connectivity index (χ3n) is 6.68. The topological polar surface area (TPSA) is 58.2 Å². The normalized spacial score (nSPS) is 15.5. The third-order valence-corrected chi connectivity index (χ3v) is 8.38. The summed E-state index contributed by atoms with van der Waals surface area (Å²) in [5, 5.41) is 6.79. The van der Waals surface area contributed by atoms with Crippen LogP contribution >= 0.6 is 27.3 Å². The van der Waals surface area contributed by atoms with Crippen LogP contribution in [0.4, 0.5) is 10.7 Å². The minimum absolute atomic E-state index is 0.162. The Morgan fingerprint density at radius 3 is 2.35 bits per heavy atom. The van der Waals surface area contributed by atoms with Gasteiger partial charge in [0.1, 0.15) is 5.00 Å². The number of thiophene rings is 1. The van der Waals surface area contributed by atoms with Gasteiger partial charge in [0.15, 0.2) is 0 Å². The Balaban J connectivity index is 1.69. The summed E-state index contributed by atoms with van der Waals surface area (Å²) in [4.78, 5) is 27.8. The Morgan fingerprint density at radius 2 is 1.71 bits per heavy atom. The first-order valence-corrected chi connectivity index (χ1v) is 13.2. The van der Waals surface area contributed by atoms with Gasteiger partial charge in [0.2, 0.25) is 0 Å². The summed E-state index contributed by atoms with van der Waals surface area (Å²) >= 11 is 4.96. The Kier molecular flexibility index (Phi) is 7.02. The van der Waals surface area contributed by atoms with Crippen molar-refractivity contribution >= 4 is 49.8 Å². The molecule has 0 saturated carbocycles. The van der Waals surface area contributed by atoms with Crippen molar-refractivity contribution in [1.29, 1.82) is 0 Å². The van der Waals surface area contributed by atoms with Crippen LogP contribution in [-0.4, -0.2) is 11.8 Å². The van der Waals surface area contributed by atoms with E-state index >= 15 is 0 Å². The molecule has 3 aromatic rings. The molecule has 0 fully saturated rings. The van der Waals surface area contributed by atoms with Crippen molar-refractivity contribution in [2.24, 2.45) is 11.3 Å². The molecule has 0 saturated heterocycles. The molecule has 2 N–H and O–H groups in total. The lowest BCUT2D eigenvalue weighted by Crippen LogP contribution is -2.27. The van der Waals surface area contributed by atoms with E-state index in [0.717, 1.165) is 46.1 Å². The third kappa shape index (κ3) is 5.28. The van der Waals surface area contributed by atoms with Crippen LogP contribution in [-0.2, 0) is 12.8 Å². The number of aryl methyl sites for hydroxylation is 2. The van der Waals surface area contributed by atoms with Gasteiger partial charge in [0.25, 0.3) is 11.8 Å². The zero-order valence-corrected chi connectivity index (χ0v) is 22.7. The van der Waals surface area contributed by atoms with E-state index in [1.807, 2.05) is 38.1 Å². The van der Waals surface area contributed by atoms with E-state index in [-0.39, 0.29) is 17.2 Å². The standard InChI is InChI=1S/C28H31BrN2O2S/c1-16-6-13-22(17(2)14-16)30-26(33)24-21-12-9-19(28(3,4)5)15-23(21)34-27(24)31-25(32)18-7-10-20(29)11-8-18/h6-8,10-11,13-14,19H,9,12,15H2,1-5H3,(H,30,33)(H,31,32). The smallest absolute Gasteiger partial charge is 0.258 e. The van der Waals surface area contributed by atoms with Crippen molar-refractivity contribution in [3.63, 3.8) is 0 Å². The van der Waals surface area contributed by atoms with E-state index in [9.17, 15) is 9.59 Å². The predicted molar refractivity (Wildman–Crippen MR) is 145 cm³/mol. The second kappa shape index (κ2) is 9.67. The lowest BCUT2D eigenvalue weighted by atomic mass is 9.72. The van der Waals surface area contributed by atoms with Gasteiger partial charge in [-0.15, -0.1) is 11.3 Å². The maximum atomic E-state index is 13.6. The van der Waals surface area contributed by atoms with Gasteiger partial charge in [-0.2, -0.15) is 0 Å². The summed E-state index contributed by atoms with van der Waals surface area (Å²) in [7, 11) is 0. The summed E-state index contributed by atoms with van der Waals surface area (Å²) in [6, 6.07) is 13.2. The fraction of sp³-hybridized carbons (Fsp3) is 0.357. The largest absolute Gasteiger partial charge is 0.322 e. The Hall–Kier alpha value is -2.44. The molecule has 1 heterocycles. The molecule has 4 rings (SSSR count). The quantitative estimate of drug-likeness (QED) is 0.356. The van der Waals surface area contributed by atoms with Gasteiger partial charge in [-0.1, -0.05) is 54.4 Å². The SMILES string of the molecule is Cc1ccc(NC(=O)c2c(NC(=O)c3ccc(Br)cc3)sc3c2CCC(C(C)(C)C)C3)c(C)c1. The molecular formula is C28H31BrN2O2S. The van der Waals surface area contributed by atoms with Crippen molar-refractivity contribution in [2.75, 3.05) is 10.6 Å². The number of hydrogen-bond acceptors (Lipinski definition) is 3. The molecule has 1 atom stereocenters. The van der Waals surface area contributed by atoms with E-state index < -0.39 is 0 Å². The fourth-order valence-electron chi connectivity index (χ4n) is 4.57. The molecular weight excluding hydrogens is 508 g/mol. The van der Waals surface area contributed by atoms with Crippen molar-refractivity contribution in [3.8, 4) is 0 Å². The summed E-state index contributed by atoms with van der Waals surface area (Å²) in [5.41, 5.74) is 5.41. The Bertz CT molecular complexity index is 1240. The number of carbonyl (C=O) groups excluding carboxylic acids is 2. The highest BCUT2D eigenvalue weighted by Gasteiger charge is 2.34. The number of fused-ring (bicyclic) bond motifs is 1. The molecule has 1 aromatic heterocycles. The van der Waals surface area contributed by atoms with E-state index in [4.69, 9.17) is 0 Å². The summed E-state index contributed by atoms with van der Waals surface area (Å²) in [6.07, 6.45) is 2.82. The van der Waals surface area contributed by atoms with E-state index in [1.54, 1.807) is 23.5 Å². The minimum Gasteiger partial charge on any atom is -0.322 e. The zero-order chi connectivity index (χ0) is 24.6. The van der Waals surface area contributed by atoms with Gasteiger partial charge in [0, 0.05) is 20.6 Å². The maximum absolute atomic E-state index is 13.6. The molecule has 1 aliphatic rings. The first kappa shape index (κ1) is 24.7. The number of halogens is 1. The second-order valence-electron chi connectivity index (χ2n) is 10.2. The highest BCUT2D eigenvalue weighted by atomic mass is 79.9. The highest BCUT2D eigenvalue weighted by molar-refractivity contribution is 9.10. The van der Waals surface area contributed by atoms with Crippen LogP contribution in [0.1, 0.15) is 69.5 Å². The number of amides is 2. The predicted octanol–water partition coefficient (Wildman–Crippen LogP) is 7.78. The zero-order valence-electron chi connectivity index (χ0n) is 20.3. The first-order valence-electron chi connectivity index (χ1n) is 11.6. The Morgan fingerprint density at radius 1 is 1.00 bits per heavy atom. The molecule has 2 aromatic carbocycles. The van der Waals surface area contributed by atoms with Gasteiger partial charge in [-0.25, -0.2) is 0 Å². The number of rotatable bonds is 4. The van der Waals surface area contributed by atoms with E-state index in [2.05, 4.69) is 53.4 Å². The second-order valence-corrected chi connectivity index (χ2v) is 12.3. The van der Waals surface area contributed by atoms with Crippen molar-refractivity contribution < 1.29 is 9.59 Å². The van der Waals surface area contributed by atoms with Crippen LogP contribution in [0.2, 0.25) is 0 Å². The van der Waals surface area contributed by atoms with Gasteiger partial charge in [0.05, 0.1) is 5.56 Å². The van der Waals surface area contributed by atoms with Crippen molar-refractivity contribution in [1.82, 2.24) is 0 Å². The van der Waals surface area contributed by atoms with Gasteiger partial charge in [-0.3, -0.25) is 9.59 Å². The molecule has 0 radical (unpaired) electrons. The van der Waals surface area contributed by atoms with Gasteiger partial charge < -0.3 is 10.6 Å². The van der Waals surface area contributed by atoms with Gasteiger partial charge in [-0.05, 0) is 85.9 Å². The number of anilines is 2. The molecule has 0 bridgehead atoms. The lowest BCUT2D eigenvalue weighted by Gasteiger charge is -2.33. The summed E-state index contributed by atoms with van der Waals surface area (Å²) < 4.78 is 0.914. The van der Waals surface area contributed by atoms with Crippen LogP contribution < -0.4 is 10.6 Å². The fourth-order valence-corrected chi connectivity index (χ4v) is 6.15. The molecule has 178 valence electrons. The van der Waals surface area contributed by atoms with Crippen LogP contribution in [0.3, 0.4) is 0 Å². The van der Waals surface area contributed by atoms with Crippen LogP contribution in [0.25, 0.3) is 0 Å². The number of carbonyl (C=O) groups is 2. The molecule has 0 spiro atoms. The molecule has 6 heteroatoms. The molecule has 4 nitrogen and oxygen atoms in total. The first-order chi connectivity index (χ1) is 16.0. The van der Waals surface area contributed by atoms with E-state index in [0.29, 0.717) is 22.0 Å². The molecule has 1 unspecified atom stereocenters. The monoisotopic (exact) mass is 538 g/mol. The average Bonchev–Trinajstić information content (AvgIpc) is 3.12. The minimum atomic E-state index is -0.209. The molecule has 2 amide bonds. The van der Waals surface area contributed by atoms with Crippen LogP contribution in [0.15, 0.2) is 46.9 Å². The number of benzene rings is 2. The van der Waals surface area contributed by atoms with Crippen LogP contribution in [0.5, 0.6) is 0 Å². The van der Waals surface area contributed by atoms with Gasteiger partial charge >= 0.3 is 0 Å². The van der Waals surface area contributed by atoms with Crippen molar-refractivity contribution in [3.05, 3.63) is 79.6 Å². The lowest BCUT2D eigenvalue weighted by molar-refractivity contribution is 0.102. The summed E-state index contributed by atoms with van der Waals surface area (Å²) in [5.74, 6) is 0.174. The Labute approximate surface area is 214 Å². The molecule has 1 aliphatic carbocycles. The maximum Gasteiger partial charge on any atom is 0.258 e. The average molecular weight is 540 g/mol.